The monoisotopic (exact) mass is 223 g/mol. The molecule has 2 atom stereocenters. The standard InChI is InChI=1S/C13H21NO2/c1-8-10-9(13(8,10)5)6-7-14-11(15)16-12(2,3)4/h8H,6-7H2,1-5H3,(H,14,15)/t8?,13-/m0/s1. The minimum Gasteiger partial charge on any atom is -0.444 e. The van der Waals surface area contributed by atoms with Gasteiger partial charge in [0.15, 0.2) is 0 Å². The van der Waals surface area contributed by atoms with Crippen molar-refractivity contribution in [2.45, 2.75) is 46.6 Å². The lowest BCUT2D eigenvalue weighted by Gasteiger charge is -2.19. The number of nitrogens with one attached hydrogen (secondary N) is 1. The van der Waals surface area contributed by atoms with Crippen molar-refractivity contribution in [2.24, 2.45) is 11.3 Å². The topological polar surface area (TPSA) is 38.3 Å². The molecule has 0 saturated heterocycles. The van der Waals surface area contributed by atoms with Crippen LogP contribution in [0, 0.1) is 11.3 Å². The number of fused-ring (bicyclic) bond motifs is 1. The number of amides is 1. The van der Waals surface area contributed by atoms with Crippen LogP contribution in [-0.2, 0) is 4.74 Å². The predicted molar refractivity (Wildman–Crippen MR) is 63.2 cm³/mol. The fraction of sp³-hybridized carbons (Fsp3) is 0.769. The van der Waals surface area contributed by atoms with Crippen molar-refractivity contribution in [3.8, 4) is 0 Å². The average Bonchev–Trinajstić information content (AvgIpc) is 2.88. The normalized spacial score (nSPS) is 30.9. The molecular weight excluding hydrogens is 202 g/mol. The predicted octanol–water partition coefficient (Wildman–Crippen LogP) is 2.87. The van der Waals surface area contributed by atoms with Crippen LogP contribution in [-0.4, -0.2) is 18.2 Å². The quantitative estimate of drug-likeness (QED) is 0.747. The Bertz CT molecular complexity index is 365. The summed E-state index contributed by atoms with van der Waals surface area (Å²) in [6.45, 7) is 10.9. The largest absolute Gasteiger partial charge is 0.444 e. The summed E-state index contributed by atoms with van der Waals surface area (Å²) in [6, 6.07) is 0. The van der Waals surface area contributed by atoms with E-state index in [9.17, 15) is 4.79 Å². The Morgan fingerprint density at radius 2 is 2.06 bits per heavy atom. The number of carbonyl (C=O) groups is 1. The number of hydrogen-bond donors (Lipinski definition) is 1. The molecule has 0 heterocycles. The smallest absolute Gasteiger partial charge is 0.407 e. The number of carbonyl (C=O) groups excluding carboxylic acids is 1. The minimum atomic E-state index is -0.409. The maximum absolute atomic E-state index is 11.3. The highest BCUT2D eigenvalue weighted by Gasteiger charge is 2.69. The first-order valence-corrected chi connectivity index (χ1v) is 5.97. The molecule has 1 fully saturated rings. The highest BCUT2D eigenvalue weighted by Crippen LogP contribution is 2.78. The second-order valence-corrected chi connectivity index (χ2v) is 5.99. The second kappa shape index (κ2) is 3.25. The van der Waals surface area contributed by atoms with Crippen molar-refractivity contribution < 1.29 is 9.53 Å². The van der Waals surface area contributed by atoms with Crippen LogP contribution in [0.5, 0.6) is 0 Å². The van der Waals surface area contributed by atoms with E-state index in [0.717, 1.165) is 12.3 Å². The van der Waals surface area contributed by atoms with Crippen molar-refractivity contribution in [2.75, 3.05) is 6.54 Å². The second-order valence-electron chi connectivity index (χ2n) is 5.99. The third-order valence-corrected chi connectivity index (χ3v) is 3.71. The van der Waals surface area contributed by atoms with Gasteiger partial charge in [0.25, 0.3) is 0 Å². The van der Waals surface area contributed by atoms with Gasteiger partial charge in [-0.05, 0) is 33.1 Å². The number of rotatable bonds is 3. The van der Waals surface area contributed by atoms with Crippen LogP contribution in [0.3, 0.4) is 0 Å². The molecule has 0 aliphatic heterocycles. The Morgan fingerprint density at radius 1 is 1.50 bits per heavy atom. The van der Waals surface area contributed by atoms with Crippen LogP contribution in [0.25, 0.3) is 0 Å². The van der Waals surface area contributed by atoms with E-state index >= 15 is 0 Å². The Labute approximate surface area is 97.2 Å². The summed E-state index contributed by atoms with van der Waals surface area (Å²) in [7, 11) is 0. The molecule has 3 nitrogen and oxygen atoms in total. The molecule has 0 aromatic rings. The van der Waals surface area contributed by atoms with E-state index in [1.165, 1.54) is 0 Å². The Hall–Kier alpha value is -0.990. The van der Waals surface area contributed by atoms with Gasteiger partial charge >= 0.3 is 6.09 Å². The third kappa shape index (κ3) is 1.83. The summed E-state index contributed by atoms with van der Waals surface area (Å²) >= 11 is 0. The molecule has 1 N–H and O–H groups in total. The van der Waals surface area contributed by atoms with E-state index in [4.69, 9.17) is 4.74 Å². The van der Waals surface area contributed by atoms with Gasteiger partial charge in [0.1, 0.15) is 5.60 Å². The van der Waals surface area contributed by atoms with E-state index in [-0.39, 0.29) is 6.09 Å². The Balaban J connectivity index is 1.63. The summed E-state index contributed by atoms with van der Waals surface area (Å²) in [5, 5.41) is 2.79. The summed E-state index contributed by atoms with van der Waals surface area (Å²) < 4.78 is 5.16. The molecule has 2 aliphatic rings. The van der Waals surface area contributed by atoms with Gasteiger partial charge in [-0.3, -0.25) is 0 Å². The zero-order valence-corrected chi connectivity index (χ0v) is 10.8. The molecule has 1 amide bonds. The van der Waals surface area contributed by atoms with E-state index in [1.807, 2.05) is 20.8 Å². The van der Waals surface area contributed by atoms with Crippen molar-refractivity contribution in [1.29, 1.82) is 0 Å². The molecule has 0 radical (unpaired) electrons. The Kier molecular flexibility index (Phi) is 2.34. The first-order chi connectivity index (χ1) is 7.27. The molecule has 16 heavy (non-hydrogen) atoms. The number of ether oxygens (including phenoxy) is 1. The van der Waals surface area contributed by atoms with Crippen molar-refractivity contribution >= 4 is 6.09 Å². The minimum absolute atomic E-state index is 0.314. The molecule has 3 heteroatoms. The molecule has 1 saturated carbocycles. The highest BCUT2D eigenvalue weighted by atomic mass is 16.6. The van der Waals surface area contributed by atoms with Gasteiger partial charge < -0.3 is 10.1 Å². The van der Waals surface area contributed by atoms with Gasteiger partial charge in [-0.2, -0.15) is 0 Å². The van der Waals surface area contributed by atoms with Crippen LogP contribution >= 0.6 is 0 Å². The fourth-order valence-corrected chi connectivity index (χ4v) is 2.55. The van der Waals surface area contributed by atoms with Crippen LogP contribution in [0.1, 0.15) is 41.0 Å². The van der Waals surface area contributed by atoms with Crippen LogP contribution in [0.15, 0.2) is 11.1 Å². The van der Waals surface area contributed by atoms with Crippen LogP contribution in [0.2, 0.25) is 0 Å². The third-order valence-electron chi connectivity index (χ3n) is 3.71. The SMILES string of the molecule is CC1C2=C(CCNC(=O)OC(C)(C)C)[C@@]21C. The molecule has 0 spiro atoms. The lowest BCUT2D eigenvalue weighted by atomic mass is 10.0. The van der Waals surface area contributed by atoms with Crippen molar-refractivity contribution in [3.05, 3.63) is 11.1 Å². The van der Waals surface area contributed by atoms with Gasteiger partial charge in [0.05, 0.1) is 0 Å². The molecule has 0 aromatic carbocycles. The fourth-order valence-electron chi connectivity index (χ4n) is 2.55. The molecule has 2 aliphatic carbocycles. The molecular formula is C13H21NO2. The van der Waals surface area contributed by atoms with Gasteiger partial charge in [-0.1, -0.05) is 25.0 Å². The van der Waals surface area contributed by atoms with E-state index in [1.54, 1.807) is 11.1 Å². The van der Waals surface area contributed by atoms with E-state index < -0.39 is 5.60 Å². The summed E-state index contributed by atoms with van der Waals surface area (Å²) in [5.41, 5.74) is 3.22. The number of hydrogen-bond acceptors (Lipinski definition) is 2. The van der Waals surface area contributed by atoms with Gasteiger partial charge in [-0.15, -0.1) is 0 Å². The summed E-state index contributed by atoms with van der Waals surface area (Å²) in [5.74, 6) is 0.795. The summed E-state index contributed by atoms with van der Waals surface area (Å²) in [4.78, 5) is 11.3. The van der Waals surface area contributed by atoms with Gasteiger partial charge in [0, 0.05) is 12.0 Å². The molecule has 90 valence electrons. The molecule has 2 rings (SSSR count). The molecule has 0 aromatic heterocycles. The Morgan fingerprint density at radius 3 is 2.50 bits per heavy atom. The number of allylic oxidation sites excluding steroid dienone is 1. The van der Waals surface area contributed by atoms with Gasteiger partial charge in [-0.25, -0.2) is 4.79 Å². The highest BCUT2D eigenvalue weighted by molar-refractivity contribution is 5.69. The number of alkyl carbamates (subject to hydrolysis) is 1. The average molecular weight is 223 g/mol. The van der Waals surface area contributed by atoms with E-state index in [2.05, 4.69) is 19.2 Å². The maximum Gasteiger partial charge on any atom is 0.407 e. The lowest BCUT2D eigenvalue weighted by Crippen LogP contribution is -2.33. The molecule has 0 bridgehead atoms. The lowest BCUT2D eigenvalue weighted by molar-refractivity contribution is 0.0528. The maximum atomic E-state index is 11.3. The van der Waals surface area contributed by atoms with E-state index in [0.29, 0.717) is 12.0 Å². The zero-order valence-electron chi connectivity index (χ0n) is 10.8. The molecule has 1 unspecified atom stereocenters. The van der Waals surface area contributed by atoms with Crippen molar-refractivity contribution in [1.82, 2.24) is 5.32 Å². The van der Waals surface area contributed by atoms with Crippen LogP contribution in [0.4, 0.5) is 4.79 Å². The first-order valence-electron chi connectivity index (χ1n) is 5.97. The van der Waals surface area contributed by atoms with Crippen molar-refractivity contribution in [3.63, 3.8) is 0 Å². The van der Waals surface area contributed by atoms with Gasteiger partial charge in [0.2, 0.25) is 0 Å². The zero-order chi connectivity index (χ0) is 12.1. The first kappa shape index (κ1) is 11.5. The summed E-state index contributed by atoms with van der Waals surface area (Å²) in [6.07, 6.45) is 0.667. The van der Waals surface area contributed by atoms with Crippen LogP contribution < -0.4 is 5.32 Å².